The third-order valence-electron chi connectivity index (χ3n) is 2.85. The van der Waals surface area contributed by atoms with Crippen LogP contribution in [0.2, 0.25) is 0 Å². The van der Waals surface area contributed by atoms with E-state index in [2.05, 4.69) is 4.90 Å². The van der Waals surface area contributed by atoms with E-state index in [1.165, 1.54) is 5.56 Å². The highest BCUT2D eigenvalue weighted by atomic mass is 16.5. The van der Waals surface area contributed by atoms with Gasteiger partial charge in [-0.05, 0) is 23.3 Å². The van der Waals surface area contributed by atoms with Gasteiger partial charge in [0.05, 0.1) is 12.2 Å². The van der Waals surface area contributed by atoms with E-state index in [9.17, 15) is 4.79 Å². The van der Waals surface area contributed by atoms with Crippen molar-refractivity contribution in [2.75, 3.05) is 20.3 Å². The first kappa shape index (κ1) is 11.1. The van der Waals surface area contributed by atoms with E-state index in [-0.39, 0.29) is 0 Å². The van der Waals surface area contributed by atoms with Gasteiger partial charge in [0.25, 0.3) is 0 Å². The third kappa shape index (κ3) is 2.23. The highest BCUT2D eigenvalue weighted by Crippen LogP contribution is 2.23. The molecule has 4 nitrogen and oxygen atoms in total. The molecule has 1 aromatic carbocycles. The van der Waals surface area contributed by atoms with Gasteiger partial charge in [-0.1, -0.05) is 6.07 Å². The number of nitrogens with zero attached hydrogens (tertiary/aromatic N) is 1. The maximum atomic E-state index is 10.8. The number of carboxylic acid groups (broad SMARTS) is 1. The van der Waals surface area contributed by atoms with Gasteiger partial charge < -0.3 is 9.84 Å². The lowest BCUT2D eigenvalue weighted by Crippen LogP contribution is -2.21. The standard InChI is InChI=1S/C12H15NO3/c1-16-5-4-13-7-10-3-2-9(12(14)15)6-11(10)8-13/h2-3,6H,4-5,7-8H2,1H3,(H,14,15). The first-order valence-electron chi connectivity index (χ1n) is 5.27. The van der Waals surface area contributed by atoms with Crippen molar-refractivity contribution in [2.24, 2.45) is 0 Å². The maximum Gasteiger partial charge on any atom is 0.335 e. The van der Waals surface area contributed by atoms with Crippen LogP contribution in [-0.4, -0.2) is 36.2 Å². The summed E-state index contributed by atoms with van der Waals surface area (Å²) in [6.45, 7) is 3.30. The zero-order valence-corrected chi connectivity index (χ0v) is 9.27. The second kappa shape index (κ2) is 4.63. The second-order valence-electron chi connectivity index (χ2n) is 3.99. The first-order chi connectivity index (χ1) is 7.70. The molecular formula is C12H15NO3. The smallest absolute Gasteiger partial charge is 0.335 e. The minimum Gasteiger partial charge on any atom is -0.478 e. The molecule has 1 aliphatic heterocycles. The lowest BCUT2D eigenvalue weighted by molar-refractivity contribution is 0.0696. The van der Waals surface area contributed by atoms with Crippen molar-refractivity contribution in [1.82, 2.24) is 4.90 Å². The Bertz CT molecular complexity index is 403. The van der Waals surface area contributed by atoms with Crippen molar-refractivity contribution in [2.45, 2.75) is 13.1 Å². The first-order valence-corrected chi connectivity index (χ1v) is 5.27. The number of benzene rings is 1. The Labute approximate surface area is 94.4 Å². The average molecular weight is 221 g/mol. The molecule has 0 saturated carbocycles. The monoisotopic (exact) mass is 221 g/mol. The number of carboxylic acids is 1. The molecule has 16 heavy (non-hydrogen) atoms. The van der Waals surface area contributed by atoms with Gasteiger partial charge in [0.15, 0.2) is 0 Å². The molecule has 0 unspecified atom stereocenters. The van der Waals surface area contributed by atoms with Crippen LogP contribution < -0.4 is 0 Å². The van der Waals surface area contributed by atoms with Crippen LogP contribution >= 0.6 is 0 Å². The molecule has 0 amide bonds. The molecule has 0 bridgehead atoms. The van der Waals surface area contributed by atoms with Crippen LogP contribution in [0.25, 0.3) is 0 Å². The molecule has 0 aromatic heterocycles. The minimum absolute atomic E-state index is 0.368. The number of rotatable bonds is 4. The SMILES string of the molecule is COCCN1Cc2ccc(C(=O)O)cc2C1. The van der Waals surface area contributed by atoms with Crippen LogP contribution in [0.1, 0.15) is 21.5 Å². The Morgan fingerprint density at radius 1 is 1.44 bits per heavy atom. The van der Waals surface area contributed by atoms with Crippen molar-refractivity contribution >= 4 is 5.97 Å². The molecule has 2 rings (SSSR count). The van der Waals surface area contributed by atoms with Gasteiger partial charge >= 0.3 is 5.97 Å². The van der Waals surface area contributed by atoms with Crippen molar-refractivity contribution in [3.63, 3.8) is 0 Å². The highest BCUT2D eigenvalue weighted by molar-refractivity contribution is 5.87. The normalized spacial score (nSPS) is 15.1. The summed E-state index contributed by atoms with van der Waals surface area (Å²) in [6.07, 6.45) is 0. The molecule has 0 spiro atoms. The lowest BCUT2D eigenvalue weighted by atomic mass is 10.1. The van der Waals surface area contributed by atoms with Crippen molar-refractivity contribution in [3.05, 3.63) is 34.9 Å². The van der Waals surface area contributed by atoms with E-state index < -0.39 is 5.97 Å². The number of aromatic carboxylic acids is 1. The molecule has 1 N–H and O–H groups in total. The summed E-state index contributed by atoms with van der Waals surface area (Å²) in [5.74, 6) is -0.863. The molecule has 0 saturated heterocycles. The van der Waals surface area contributed by atoms with Crippen LogP contribution in [0.5, 0.6) is 0 Å². The molecular weight excluding hydrogens is 206 g/mol. The van der Waals surface area contributed by atoms with Gasteiger partial charge in [-0.3, -0.25) is 4.90 Å². The van der Waals surface area contributed by atoms with E-state index in [4.69, 9.17) is 9.84 Å². The van der Waals surface area contributed by atoms with Crippen molar-refractivity contribution in [1.29, 1.82) is 0 Å². The van der Waals surface area contributed by atoms with Gasteiger partial charge in [-0.15, -0.1) is 0 Å². The zero-order chi connectivity index (χ0) is 11.5. The van der Waals surface area contributed by atoms with E-state index >= 15 is 0 Å². The summed E-state index contributed by atoms with van der Waals surface area (Å²) in [6, 6.07) is 5.34. The predicted octanol–water partition coefficient (Wildman–Crippen LogP) is 1.35. The molecule has 0 fully saturated rings. The Hall–Kier alpha value is -1.39. The molecule has 86 valence electrons. The number of fused-ring (bicyclic) bond motifs is 1. The van der Waals surface area contributed by atoms with Gasteiger partial charge in [0, 0.05) is 26.7 Å². The Balaban J connectivity index is 2.09. The van der Waals surface area contributed by atoms with Gasteiger partial charge in [-0.2, -0.15) is 0 Å². The molecule has 0 aliphatic carbocycles. The largest absolute Gasteiger partial charge is 0.478 e. The summed E-state index contributed by atoms with van der Waals surface area (Å²) in [5, 5.41) is 8.89. The highest BCUT2D eigenvalue weighted by Gasteiger charge is 2.19. The Kier molecular flexibility index (Phi) is 3.22. The van der Waals surface area contributed by atoms with Crippen molar-refractivity contribution < 1.29 is 14.6 Å². The van der Waals surface area contributed by atoms with E-state index in [0.717, 1.165) is 25.2 Å². The number of hydrogen-bond donors (Lipinski definition) is 1. The topological polar surface area (TPSA) is 49.8 Å². The summed E-state index contributed by atoms with van der Waals surface area (Å²) in [7, 11) is 1.69. The van der Waals surface area contributed by atoms with Crippen LogP contribution in [-0.2, 0) is 17.8 Å². The predicted molar refractivity (Wildman–Crippen MR) is 59.4 cm³/mol. The number of methoxy groups -OCH3 is 1. The average Bonchev–Trinajstić information content (AvgIpc) is 2.67. The van der Waals surface area contributed by atoms with Gasteiger partial charge in [-0.25, -0.2) is 4.79 Å². The third-order valence-corrected chi connectivity index (χ3v) is 2.85. The molecule has 1 heterocycles. The Morgan fingerprint density at radius 3 is 2.88 bits per heavy atom. The summed E-state index contributed by atoms with van der Waals surface area (Å²) < 4.78 is 5.03. The molecule has 4 heteroatoms. The van der Waals surface area contributed by atoms with Crippen LogP contribution in [0.15, 0.2) is 18.2 Å². The number of ether oxygens (including phenoxy) is 1. The minimum atomic E-state index is -0.863. The zero-order valence-electron chi connectivity index (χ0n) is 9.27. The van der Waals surface area contributed by atoms with Crippen LogP contribution in [0.3, 0.4) is 0 Å². The Morgan fingerprint density at radius 2 is 2.19 bits per heavy atom. The fourth-order valence-corrected chi connectivity index (χ4v) is 1.98. The summed E-state index contributed by atoms with van der Waals surface area (Å²) in [4.78, 5) is 13.1. The van der Waals surface area contributed by atoms with Crippen molar-refractivity contribution in [3.8, 4) is 0 Å². The van der Waals surface area contributed by atoms with Crippen LogP contribution in [0.4, 0.5) is 0 Å². The fourth-order valence-electron chi connectivity index (χ4n) is 1.98. The summed E-state index contributed by atoms with van der Waals surface area (Å²) >= 11 is 0. The summed E-state index contributed by atoms with van der Waals surface area (Å²) in [5.41, 5.74) is 2.71. The van der Waals surface area contributed by atoms with E-state index in [1.807, 2.05) is 6.07 Å². The van der Waals surface area contributed by atoms with Crippen LogP contribution in [0, 0.1) is 0 Å². The molecule has 1 aliphatic rings. The lowest BCUT2D eigenvalue weighted by Gasteiger charge is -2.13. The quantitative estimate of drug-likeness (QED) is 0.833. The molecule has 0 atom stereocenters. The molecule has 1 aromatic rings. The molecule has 0 radical (unpaired) electrons. The number of hydrogen-bond acceptors (Lipinski definition) is 3. The van der Waals surface area contributed by atoms with E-state index in [0.29, 0.717) is 12.2 Å². The maximum absolute atomic E-state index is 10.8. The van der Waals surface area contributed by atoms with Gasteiger partial charge in [0.1, 0.15) is 0 Å². The van der Waals surface area contributed by atoms with E-state index in [1.54, 1.807) is 19.2 Å². The second-order valence-corrected chi connectivity index (χ2v) is 3.99. The van der Waals surface area contributed by atoms with Gasteiger partial charge in [0.2, 0.25) is 0 Å². The fraction of sp³-hybridized carbons (Fsp3) is 0.417. The number of carbonyl (C=O) groups is 1.